The van der Waals surface area contributed by atoms with E-state index in [1.807, 2.05) is 6.21 Å². The third-order valence-electron chi connectivity index (χ3n) is 15.5. The van der Waals surface area contributed by atoms with Gasteiger partial charge in [0.15, 0.2) is 0 Å². The Morgan fingerprint density at radius 2 is 0.587 bits per heavy atom. The Morgan fingerprint density at radius 3 is 0.920 bits per heavy atom. The summed E-state index contributed by atoms with van der Waals surface area (Å²) in [4.78, 5) is 10.3. The summed E-state index contributed by atoms with van der Waals surface area (Å²) in [6.07, 6.45) is 70.8. The molecule has 0 bridgehead atoms. The van der Waals surface area contributed by atoms with Gasteiger partial charge in [0, 0.05) is 48.4 Å². The van der Waals surface area contributed by atoms with Crippen molar-refractivity contribution in [2.24, 2.45) is 9.98 Å². The van der Waals surface area contributed by atoms with Gasteiger partial charge in [0.2, 0.25) is 0 Å². The maximum Gasteiger partial charge on any atom is 0.0665 e. The predicted octanol–water partition coefficient (Wildman–Crippen LogP) is 24.4. The molecule has 0 saturated carbocycles. The van der Waals surface area contributed by atoms with Gasteiger partial charge in [-0.15, -0.1) is 23.7 Å². The van der Waals surface area contributed by atoms with Crippen LogP contribution < -0.4 is 0 Å². The van der Waals surface area contributed by atoms with Crippen molar-refractivity contribution in [2.75, 3.05) is 0 Å². The Bertz CT molecular complexity index is 1700. The molecule has 0 amide bonds. The monoisotopic (exact) mass is 1070 g/mol. The van der Waals surface area contributed by atoms with E-state index in [-0.39, 0.29) is 16.5 Å². The van der Waals surface area contributed by atoms with Crippen LogP contribution in [0.25, 0.3) is 0 Å². The van der Waals surface area contributed by atoms with Crippen molar-refractivity contribution in [2.45, 2.75) is 348 Å². The molecule has 0 heterocycles. The molecule has 0 N–H and O–H groups in total. The number of rotatable bonds is 52. The zero-order valence-corrected chi connectivity index (χ0v) is 51.0. The molecule has 0 fully saturated rings. The topological polar surface area (TPSA) is 24.7 Å². The maximum atomic E-state index is 5.22. The molecule has 2 nitrogen and oxygen atoms in total. The summed E-state index contributed by atoms with van der Waals surface area (Å²) in [5.41, 5.74) is 5.71. The van der Waals surface area contributed by atoms with E-state index in [0.717, 1.165) is 74.9 Å². The van der Waals surface area contributed by atoms with E-state index in [4.69, 9.17) is 9.98 Å². The summed E-state index contributed by atoms with van der Waals surface area (Å²) in [6.45, 7) is 6.87. The van der Waals surface area contributed by atoms with Gasteiger partial charge in [0.05, 0.1) is 17.1 Å². The molecule has 2 rings (SSSR count). The quantitative estimate of drug-likeness (QED) is 0.0273. The minimum absolute atomic E-state index is 0. The van der Waals surface area contributed by atoms with Crippen LogP contribution in [0.5, 0.6) is 0 Å². The summed E-state index contributed by atoms with van der Waals surface area (Å²) in [7, 11) is 0. The van der Waals surface area contributed by atoms with Crippen molar-refractivity contribution in [1.82, 2.24) is 0 Å². The van der Waals surface area contributed by atoms with Crippen LogP contribution in [0.15, 0.2) is 58.5 Å². The maximum absolute atomic E-state index is 5.22. The van der Waals surface area contributed by atoms with Crippen LogP contribution >= 0.6 is 0 Å². The van der Waals surface area contributed by atoms with Crippen LogP contribution in [0.4, 0.5) is 11.4 Å². The summed E-state index contributed by atoms with van der Waals surface area (Å²) in [5.74, 6) is 13.9. The Kier molecular flexibility index (Phi) is 54.0. The predicted molar refractivity (Wildman–Crippen MR) is 334 cm³/mol. The first-order chi connectivity index (χ1) is 36.8. The van der Waals surface area contributed by atoms with Gasteiger partial charge in [0.1, 0.15) is 0 Å². The van der Waals surface area contributed by atoms with E-state index in [2.05, 4.69) is 93.0 Å². The van der Waals surface area contributed by atoms with Gasteiger partial charge in [-0.05, 0) is 61.8 Å². The van der Waals surface area contributed by atoms with Crippen molar-refractivity contribution >= 4 is 23.3 Å². The first-order valence-electron chi connectivity index (χ1n) is 33.0. The number of hydrogen-bond acceptors (Lipinski definition) is 2. The molecule has 428 valence electrons. The number of hydrogen-bond donors (Lipinski definition) is 0. The standard InChI is InChI=1S/C72H120N2.Ni/c1-4-7-10-12-14-16-18-20-22-24-26-28-30-32-34-36-38-40-42-44-46-48-50-52-54-60-68-62-56-58-65-71(68)73-67-70(64-9-6-3)74-72-66-59-57-63-69(72)61-55-53-51-49-47-45-43-41-39-37-35-33-31-29-27-25-23-21-19-17-15-13-11-8-5-2;/h56-59,62-63,65-67H,4-49,54-55,60-61,64H2,1-3H3;/b73-67-,74-70+;. The third-order valence-corrected chi connectivity index (χ3v) is 15.5. The van der Waals surface area contributed by atoms with Crippen LogP contribution in [0.2, 0.25) is 0 Å². The molecule has 0 saturated heterocycles. The molecule has 0 aliphatic carbocycles. The molecule has 0 atom stereocenters. The minimum Gasteiger partial charge on any atom is -0.255 e. The first kappa shape index (κ1) is 70.4. The molecule has 3 heteroatoms. The van der Waals surface area contributed by atoms with Crippen LogP contribution in [-0.4, -0.2) is 11.9 Å². The number of para-hydroxylation sites is 2. The minimum atomic E-state index is 0. The molecule has 0 aliphatic heterocycles. The number of nitrogens with zero attached hydrogens (tertiary/aromatic N) is 2. The average molecular weight is 1070 g/mol. The van der Waals surface area contributed by atoms with Crippen molar-refractivity contribution < 1.29 is 16.5 Å². The Hall–Kier alpha value is -2.61. The van der Waals surface area contributed by atoms with E-state index in [1.165, 1.54) is 281 Å². The van der Waals surface area contributed by atoms with E-state index in [1.54, 1.807) is 0 Å². The van der Waals surface area contributed by atoms with Crippen molar-refractivity contribution in [3.63, 3.8) is 0 Å². The first-order valence-corrected chi connectivity index (χ1v) is 33.0. The fourth-order valence-electron chi connectivity index (χ4n) is 10.5. The molecule has 2 aromatic rings. The van der Waals surface area contributed by atoms with Crippen molar-refractivity contribution in [3.05, 3.63) is 59.7 Å². The molecule has 0 radical (unpaired) electrons. The number of aryl methyl sites for hydroxylation is 2. The van der Waals surface area contributed by atoms with E-state index in [9.17, 15) is 0 Å². The van der Waals surface area contributed by atoms with E-state index in [0.29, 0.717) is 0 Å². The summed E-state index contributed by atoms with van der Waals surface area (Å²) in [5, 5.41) is 0. The van der Waals surface area contributed by atoms with Crippen LogP contribution in [0, 0.1) is 23.7 Å². The number of unbranched alkanes of at least 4 members (excludes halogenated alkanes) is 43. The second-order valence-corrected chi connectivity index (χ2v) is 22.6. The molecule has 75 heavy (non-hydrogen) atoms. The van der Waals surface area contributed by atoms with Crippen molar-refractivity contribution in [1.29, 1.82) is 0 Å². The Morgan fingerprint density at radius 1 is 0.320 bits per heavy atom. The zero-order valence-electron chi connectivity index (χ0n) is 50.0. The molecule has 0 aromatic heterocycles. The molecular weight excluding hydrogens is 951 g/mol. The second-order valence-electron chi connectivity index (χ2n) is 22.6. The fraction of sp³-hybridized carbons (Fsp3) is 0.750. The van der Waals surface area contributed by atoms with E-state index < -0.39 is 0 Å². The Balaban J connectivity index is 0.0000281. The summed E-state index contributed by atoms with van der Waals surface area (Å²) in [6, 6.07) is 17.2. The van der Waals surface area contributed by atoms with Gasteiger partial charge in [-0.1, -0.05) is 320 Å². The van der Waals surface area contributed by atoms with Gasteiger partial charge < -0.3 is 0 Å². The normalized spacial score (nSPS) is 11.4. The van der Waals surface area contributed by atoms with Crippen molar-refractivity contribution in [3.8, 4) is 23.7 Å². The molecular formula is C72H120N2Ni. The van der Waals surface area contributed by atoms with Gasteiger partial charge >= 0.3 is 0 Å². The molecule has 0 aliphatic rings. The molecule has 0 unspecified atom stereocenters. The largest absolute Gasteiger partial charge is 0.255 e. The summed E-state index contributed by atoms with van der Waals surface area (Å²) < 4.78 is 0. The van der Waals surface area contributed by atoms with Gasteiger partial charge in [-0.2, -0.15) is 0 Å². The Labute approximate surface area is 478 Å². The van der Waals surface area contributed by atoms with Crippen LogP contribution in [0.3, 0.4) is 0 Å². The number of benzene rings is 2. The average Bonchev–Trinajstić information content (AvgIpc) is 3.42. The van der Waals surface area contributed by atoms with Crippen LogP contribution in [-0.2, 0) is 29.3 Å². The number of aliphatic imine (C=N–C) groups is 2. The van der Waals surface area contributed by atoms with E-state index >= 15 is 0 Å². The van der Waals surface area contributed by atoms with Gasteiger partial charge in [-0.25, -0.2) is 0 Å². The fourth-order valence-corrected chi connectivity index (χ4v) is 10.5. The smallest absolute Gasteiger partial charge is 0.0665 e. The summed E-state index contributed by atoms with van der Waals surface area (Å²) >= 11 is 0. The van der Waals surface area contributed by atoms with Gasteiger partial charge in [0.25, 0.3) is 0 Å². The zero-order chi connectivity index (χ0) is 52.6. The second kappa shape index (κ2) is 57.6. The SMILES string of the molecule is CCCCCCCCCCCCCCCCCCCCCCCC#CCCc1ccccc1/N=C\C(CCCC)=N\c1ccccc1CCC#CCCCCCCCCCCCCCCCCCCCCCCC.[Ni]. The molecule has 2 aromatic carbocycles. The molecule has 0 spiro atoms. The van der Waals surface area contributed by atoms with Gasteiger partial charge in [-0.3, -0.25) is 9.98 Å². The third kappa shape index (κ3) is 46.1. The van der Waals surface area contributed by atoms with Crippen LogP contribution in [0.1, 0.15) is 347 Å².